The number of methoxy groups -OCH3 is 2. The van der Waals surface area contributed by atoms with E-state index < -0.39 is 25.1 Å². The van der Waals surface area contributed by atoms with Gasteiger partial charge in [0.2, 0.25) is 0 Å². The summed E-state index contributed by atoms with van der Waals surface area (Å²) < 4.78 is 20.4. The molecule has 7 nitrogen and oxygen atoms in total. The molecule has 0 saturated heterocycles. The number of carbonyl (C=O) groups excluding carboxylic acids is 2. The average molecular weight is 414 g/mol. The number of benzene rings is 2. The van der Waals surface area contributed by atoms with Gasteiger partial charge in [0.25, 0.3) is 5.91 Å². The predicted molar refractivity (Wildman–Crippen MR) is 101 cm³/mol. The van der Waals surface area contributed by atoms with E-state index in [9.17, 15) is 9.59 Å². The van der Waals surface area contributed by atoms with E-state index >= 15 is 0 Å². The molecule has 0 fully saturated rings. The Morgan fingerprint density at radius 3 is 2.37 bits per heavy atom. The summed E-state index contributed by atoms with van der Waals surface area (Å²) in [6.07, 6.45) is 0. The monoisotopic (exact) mass is 413 g/mol. The summed E-state index contributed by atoms with van der Waals surface area (Å²) in [7, 11) is 2.97. The van der Waals surface area contributed by atoms with E-state index in [2.05, 4.69) is 5.32 Å². The number of halogens is 2. The Morgan fingerprint density at radius 1 is 0.963 bits per heavy atom. The molecule has 27 heavy (non-hydrogen) atoms. The Hall–Kier alpha value is -2.64. The van der Waals surface area contributed by atoms with Gasteiger partial charge in [-0.15, -0.1) is 0 Å². The number of nitrogens with one attached hydrogen (secondary N) is 1. The van der Waals surface area contributed by atoms with Crippen molar-refractivity contribution in [3.05, 3.63) is 46.4 Å². The fourth-order valence-corrected chi connectivity index (χ4v) is 2.48. The summed E-state index contributed by atoms with van der Waals surface area (Å²) in [5, 5.41) is 3.29. The maximum atomic E-state index is 12.0. The van der Waals surface area contributed by atoms with Crippen LogP contribution in [0, 0.1) is 0 Å². The third kappa shape index (κ3) is 6.23. The Kier molecular flexibility index (Phi) is 7.57. The van der Waals surface area contributed by atoms with Crippen LogP contribution in [0.3, 0.4) is 0 Å². The lowest BCUT2D eigenvalue weighted by atomic mass is 10.2. The standard InChI is InChI=1S/C18H17Cl2NO6/c1-24-12-4-6-16(25-2)14(8-12)21-17(22)9-27-18(23)10-26-15-5-3-11(19)7-13(15)20/h3-8H,9-10H2,1-2H3,(H,21,22). The van der Waals surface area contributed by atoms with Gasteiger partial charge in [0.05, 0.1) is 24.9 Å². The van der Waals surface area contributed by atoms with E-state index in [1.165, 1.54) is 26.4 Å². The van der Waals surface area contributed by atoms with Gasteiger partial charge in [-0.3, -0.25) is 4.79 Å². The van der Waals surface area contributed by atoms with Crippen LogP contribution in [-0.4, -0.2) is 39.3 Å². The third-order valence-corrected chi connectivity index (χ3v) is 3.81. The minimum atomic E-state index is -0.728. The largest absolute Gasteiger partial charge is 0.497 e. The summed E-state index contributed by atoms with van der Waals surface area (Å²) in [6.45, 7) is -0.895. The molecule has 0 heterocycles. The summed E-state index contributed by atoms with van der Waals surface area (Å²) in [6, 6.07) is 9.50. The van der Waals surface area contributed by atoms with Crippen LogP contribution in [0.5, 0.6) is 17.2 Å². The van der Waals surface area contributed by atoms with Crippen LogP contribution < -0.4 is 19.5 Å². The lowest BCUT2D eigenvalue weighted by Crippen LogP contribution is -2.24. The number of hydrogen-bond acceptors (Lipinski definition) is 6. The first-order valence-corrected chi connectivity index (χ1v) is 8.44. The van der Waals surface area contributed by atoms with Crippen molar-refractivity contribution in [2.24, 2.45) is 0 Å². The highest BCUT2D eigenvalue weighted by molar-refractivity contribution is 6.35. The molecule has 2 aromatic rings. The molecular formula is C18H17Cl2NO6. The highest BCUT2D eigenvalue weighted by Gasteiger charge is 2.13. The smallest absolute Gasteiger partial charge is 0.344 e. The molecule has 0 spiro atoms. The molecule has 1 N–H and O–H groups in total. The number of rotatable bonds is 8. The zero-order valence-electron chi connectivity index (χ0n) is 14.6. The van der Waals surface area contributed by atoms with Gasteiger partial charge >= 0.3 is 5.97 Å². The zero-order chi connectivity index (χ0) is 19.8. The van der Waals surface area contributed by atoms with Crippen molar-refractivity contribution in [3.8, 4) is 17.2 Å². The lowest BCUT2D eigenvalue weighted by molar-refractivity contribution is -0.149. The number of hydrogen-bond donors (Lipinski definition) is 1. The van der Waals surface area contributed by atoms with E-state index in [1.807, 2.05) is 0 Å². The molecule has 0 aromatic heterocycles. The number of esters is 1. The molecule has 0 atom stereocenters. The van der Waals surface area contributed by atoms with Crippen LogP contribution in [-0.2, 0) is 14.3 Å². The molecule has 0 aliphatic rings. The summed E-state index contributed by atoms with van der Waals surface area (Å²) in [4.78, 5) is 23.7. The highest BCUT2D eigenvalue weighted by Crippen LogP contribution is 2.29. The van der Waals surface area contributed by atoms with Crippen LogP contribution in [0.15, 0.2) is 36.4 Å². The number of anilines is 1. The molecule has 0 saturated carbocycles. The minimum absolute atomic E-state index is 0.262. The molecule has 144 valence electrons. The SMILES string of the molecule is COc1ccc(OC)c(NC(=O)COC(=O)COc2ccc(Cl)cc2Cl)c1. The van der Waals surface area contributed by atoms with E-state index in [0.717, 1.165) is 0 Å². The fraction of sp³-hybridized carbons (Fsp3) is 0.222. The number of ether oxygens (including phenoxy) is 4. The Morgan fingerprint density at radius 2 is 1.70 bits per heavy atom. The first-order chi connectivity index (χ1) is 12.9. The first-order valence-electron chi connectivity index (χ1n) is 7.68. The molecule has 0 unspecified atom stereocenters. The quantitative estimate of drug-likeness (QED) is 0.665. The van der Waals surface area contributed by atoms with Crippen LogP contribution >= 0.6 is 23.2 Å². The summed E-state index contributed by atoms with van der Waals surface area (Å²) >= 11 is 11.7. The van der Waals surface area contributed by atoms with Crippen molar-refractivity contribution in [1.82, 2.24) is 0 Å². The molecular weight excluding hydrogens is 397 g/mol. The van der Waals surface area contributed by atoms with Crippen molar-refractivity contribution in [1.29, 1.82) is 0 Å². The van der Waals surface area contributed by atoms with Crippen molar-refractivity contribution >= 4 is 40.8 Å². The third-order valence-electron chi connectivity index (χ3n) is 3.28. The van der Waals surface area contributed by atoms with Gasteiger partial charge in [0, 0.05) is 11.1 Å². The number of amides is 1. The second-order valence-corrected chi connectivity index (χ2v) is 5.98. The zero-order valence-corrected chi connectivity index (χ0v) is 16.1. The average Bonchev–Trinajstić information content (AvgIpc) is 2.65. The maximum Gasteiger partial charge on any atom is 0.344 e. The summed E-state index contributed by atoms with van der Waals surface area (Å²) in [5.74, 6) is -0.00989. The molecule has 1 amide bonds. The topological polar surface area (TPSA) is 83.1 Å². The molecule has 0 bridgehead atoms. The van der Waals surface area contributed by atoms with Gasteiger partial charge in [-0.25, -0.2) is 4.79 Å². The second kappa shape index (κ2) is 9.89. The molecule has 0 aliphatic heterocycles. The van der Waals surface area contributed by atoms with Crippen LogP contribution in [0.25, 0.3) is 0 Å². The summed E-state index contributed by atoms with van der Waals surface area (Å²) in [5.41, 5.74) is 0.391. The fourth-order valence-electron chi connectivity index (χ4n) is 2.01. The van der Waals surface area contributed by atoms with Gasteiger partial charge in [-0.05, 0) is 30.3 Å². The molecule has 2 rings (SSSR count). The Labute approximate surface area is 166 Å². The van der Waals surface area contributed by atoms with Crippen molar-refractivity contribution in [2.45, 2.75) is 0 Å². The molecule has 0 radical (unpaired) electrons. The van der Waals surface area contributed by atoms with Gasteiger partial charge < -0.3 is 24.3 Å². The molecule has 2 aromatic carbocycles. The maximum absolute atomic E-state index is 12.0. The normalized spacial score (nSPS) is 10.1. The van der Waals surface area contributed by atoms with Gasteiger partial charge in [0.1, 0.15) is 17.2 Å². The van der Waals surface area contributed by atoms with E-state index in [0.29, 0.717) is 22.2 Å². The predicted octanol–water partition coefficient (Wildman–Crippen LogP) is 3.57. The Balaban J connectivity index is 1.83. The van der Waals surface area contributed by atoms with Crippen molar-refractivity contribution < 1.29 is 28.5 Å². The van der Waals surface area contributed by atoms with Gasteiger partial charge in [-0.2, -0.15) is 0 Å². The van der Waals surface area contributed by atoms with E-state index in [1.54, 1.807) is 24.3 Å². The van der Waals surface area contributed by atoms with Crippen LogP contribution in [0.2, 0.25) is 10.0 Å². The van der Waals surface area contributed by atoms with E-state index in [-0.39, 0.29) is 10.8 Å². The van der Waals surface area contributed by atoms with Gasteiger partial charge in [-0.1, -0.05) is 23.2 Å². The lowest BCUT2D eigenvalue weighted by Gasteiger charge is -2.12. The van der Waals surface area contributed by atoms with Crippen molar-refractivity contribution in [2.75, 3.05) is 32.8 Å². The first kappa shape index (κ1) is 20.7. The Bertz CT molecular complexity index is 827. The number of carbonyl (C=O) groups is 2. The highest BCUT2D eigenvalue weighted by atomic mass is 35.5. The molecule has 0 aliphatic carbocycles. The van der Waals surface area contributed by atoms with Crippen LogP contribution in [0.1, 0.15) is 0 Å². The molecule has 9 heteroatoms. The minimum Gasteiger partial charge on any atom is -0.497 e. The van der Waals surface area contributed by atoms with E-state index in [4.69, 9.17) is 42.1 Å². The van der Waals surface area contributed by atoms with Gasteiger partial charge in [0.15, 0.2) is 13.2 Å². The van der Waals surface area contributed by atoms with Crippen LogP contribution in [0.4, 0.5) is 5.69 Å². The van der Waals surface area contributed by atoms with Crippen molar-refractivity contribution in [3.63, 3.8) is 0 Å². The second-order valence-electron chi connectivity index (χ2n) is 5.14.